The maximum absolute atomic E-state index is 11.1. The van der Waals surface area contributed by atoms with Gasteiger partial charge in [-0.25, -0.2) is 0 Å². The second-order valence-corrected chi connectivity index (χ2v) is 3.45. The standard InChI is InChI=1S/C9H7BrN2O/c1-6-7-4-2-3-5-8(7)12(11-6)9(10)13/h2-5H,1H3. The molecule has 0 fully saturated rings. The number of halogens is 1. The Labute approximate surface area is 83.5 Å². The van der Waals surface area contributed by atoms with Crippen LogP contribution in [0.5, 0.6) is 0 Å². The van der Waals surface area contributed by atoms with Gasteiger partial charge < -0.3 is 0 Å². The minimum Gasteiger partial charge on any atom is -0.259 e. The molecule has 13 heavy (non-hydrogen) atoms. The van der Waals surface area contributed by atoms with Crippen LogP contribution in [-0.4, -0.2) is 14.6 Å². The summed E-state index contributed by atoms with van der Waals surface area (Å²) in [5.74, 6) is 0. The Bertz CT molecular complexity index is 475. The van der Waals surface area contributed by atoms with E-state index in [-0.39, 0.29) is 4.82 Å². The fraction of sp³-hybridized carbons (Fsp3) is 0.111. The Kier molecular flexibility index (Phi) is 1.92. The second kappa shape index (κ2) is 2.96. The molecule has 0 aliphatic carbocycles. The lowest BCUT2D eigenvalue weighted by Crippen LogP contribution is -2.02. The lowest BCUT2D eigenvalue weighted by atomic mass is 10.2. The number of hydrogen-bond acceptors (Lipinski definition) is 2. The normalized spacial score (nSPS) is 10.6. The van der Waals surface area contributed by atoms with E-state index in [9.17, 15) is 4.79 Å². The van der Waals surface area contributed by atoms with Gasteiger partial charge in [-0.15, -0.1) is 0 Å². The van der Waals surface area contributed by atoms with Crippen LogP contribution in [0.3, 0.4) is 0 Å². The molecule has 0 atom stereocenters. The topological polar surface area (TPSA) is 34.9 Å². The van der Waals surface area contributed by atoms with Gasteiger partial charge in [0.1, 0.15) is 0 Å². The number of nitrogens with zero attached hydrogens (tertiary/aromatic N) is 2. The van der Waals surface area contributed by atoms with Gasteiger partial charge in [0.25, 0.3) is 0 Å². The van der Waals surface area contributed by atoms with Crippen LogP contribution < -0.4 is 0 Å². The summed E-state index contributed by atoms with van der Waals surface area (Å²) < 4.78 is 1.35. The summed E-state index contributed by atoms with van der Waals surface area (Å²) in [6, 6.07) is 7.63. The minimum atomic E-state index is -0.239. The van der Waals surface area contributed by atoms with Gasteiger partial charge in [0, 0.05) is 21.3 Å². The summed E-state index contributed by atoms with van der Waals surface area (Å²) >= 11 is 2.88. The molecule has 0 unspecified atom stereocenters. The summed E-state index contributed by atoms with van der Waals surface area (Å²) in [5.41, 5.74) is 1.70. The molecule has 2 aromatic rings. The number of hydrogen-bond donors (Lipinski definition) is 0. The van der Waals surface area contributed by atoms with Crippen LogP contribution in [-0.2, 0) is 0 Å². The number of para-hydroxylation sites is 1. The Morgan fingerprint density at radius 2 is 2.15 bits per heavy atom. The van der Waals surface area contributed by atoms with Crippen molar-refractivity contribution in [3.63, 3.8) is 0 Å². The molecule has 0 saturated heterocycles. The summed E-state index contributed by atoms with van der Waals surface area (Å²) in [7, 11) is 0. The van der Waals surface area contributed by atoms with Crippen LogP contribution in [0.25, 0.3) is 10.9 Å². The van der Waals surface area contributed by atoms with E-state index in [1.54, 1.807) is 0 Å². The molecule has 0 bridgehead atoms. The van der Waals surface area contributed by atoms with E-state index in [1.807, 2.05) is 31.2 Å². The predicted octanol–water partition coefficient (Wildman–Crippen LogP) is 2.71. The zero-order chi connectivity index (χ0) is 9.42. The van der Waals surface area contributed by atoms with Gasteiger partial charge in [-0.05, 0) is 13.0 Å². The lowest BCUT2D eigenvalue weighted by molar-refractivity contribution is 0.261. The largest absolute Gasteiger partial charge is 0.314 e. The van der Waals surface area contributed by atoms with Gasteiger partial charge in [-0.1, -0.05) is 18.2 Å². The Hall–Kier alpha value is -1.16. The molecule has 1 aromatic carbocycles. The van der Waals surface area contributed by atoms with E-state index < -0.39 is 0 Å². The third-order valence-electron chi connectivity index (χ3n) is 1.94. The minimum absolute atomic E-state index is 0.239. The summed E-state index contributed by atoms with van der Waals surface area (Å²) in [6.45, 7) is 1.88. The molecule has 66 valence electrons. The van der Waals surface area contributed by atoms with Crippen molar-refractivity contribution in [3.05, 3.63) is 30.0 Å². The number of rotatable bonds is 0. The van der Waals surface area contributed by atoms with Gasteiger partial charge in [0.05, 0.1) is 11.2 Å². The number of carbonyl (C=O) groups excluding carboxylic acids is 1. The maximum atomic E-state index is 11.1. The van der Waals surface area contributed by atoms with Crippen molar-refractivity contribution in [2.24, 2.45) is 0 Å². The molecule has 3 nitrogen and oxygen atoms in total. The zero-order valence-electron chi connectivity index (χ0n) is 6.99. The zero-order valence-corrected chi connectivity index (χ0v) is 8.58. The summed E-state index contributed by atoms with van der Waals surface area (Å²) in [5, 5.41) is 5.12. The third kappa shape index (κ3) is 1.27. The molecular formula is C9H7BrN2O. The molecule has 0 aliphatic heterocycles. The van der Waals surface area contributed by atoms with Gasteiger partial charge in [0.15, 0.2) is 0 Å². The van der Waals surface area contributed by atoms with Crippen LogP contribution in [0.1, 0.15) is 5.69 Å². The predicted molar refractivity (Wildman–Crippen MR) is 54.2 cm³/mol. The quantitative estimate of drug-likeness (QED) is 0.662. The Morgan fingerprint density at radius 1 is 1.46 bits per heavy atom. The highest BCUT2D eigenvalue weighted by atomic mass is 79.9. The summed E-state index contributed by atoms with van der Waals surface area (Å²) in [6.07, 6.45) is 0. The molecule has 0 spiro atoms. The van der Waals surface area contributed by atoms with E-state index in [2.05, 4.69) is 21.0 Å². The van der Waals surface area contributed by atoms with Gasteiger partial charge in [-0.2, -0.15) is 9.78 Å². The molecule has 2 rings (SSSR count). The molecule has 0 N–H and O–H groups in total. The highest BCUT2D eigenvalue weighted by molar-refractivity contribution is 9.18. The fourth-order valence-corrected chi connectivity index (χ4v) is 1.63. The lowest BCUT2D eigenvalue weighted by Gasteiger charge is -1.93. The first kappa shape index (κ1) is 8.44. The number of fused-ring (bicyclic) bond motifs is 1. The molecule has 0 amide bonds. The van der Waals surface area contributed by atoms with Crippen molar-refractivity contribution in [3.8, 4) is 0 Å². The van der Waals surface area contributed by atoms with Crippen LogP contribution in [0.4, 0.5) is 4.79 Å². The van der Waals surface area contributed by atoms with E-state index >= 15 is 0 Å². The van der Waals surface area contributed by atoms with Crippen molar-refractivity contribution in [2.75, 3.05) is 0 Å². The molecular weight excluding hydrogens is 232 g/mol. The Morgan fingerprint density at radius 3 is 2.85 bits per heavy atom. The first-order valence-corrected chi connectivity index (χ1v) is 4.63. The molecule has 0 saturated carbocycles. The smallest absolute Gasteiger partial charge is 0.259 e. The van der Waals surface area contributed by atoms with Crippen LogP contribution >= 0.6 is 15.9 Å². The molecule has 0 radical (unpaired) electrons. The van der Waals surface area contributed by atoms with E-state index in [1.165, 1.54) is 4.68 Å². The SMILES string of the molecule is Cc1nn(C(=O)Br)c2ccccc12. The van der Waals surface area contributed by atoms with Gasteiger partial charge in [-0.3, -0.25) is 4.79 Å². The van der Waals surface area contributed by atoms with Gasteiger partial charge >= 0.3 is 4.82 Å². The number of aromatic nitrogens is 2. The number of carbonyl (C=O) groups is 1. The van der Waals surface area contributed by atoms with Crippen molar-refractivity contribution in [1.29, 1.82) is 0 Å². The van der Waals surface area contributed by atoms with Gasteiger partial charge in [0.2, 0.25) is 0 Å². The Balaban J connectivity index is 2.85. The molecule has 1 aromatic heterocycles. The highest BCUT2D eigenvalue weighted by Gasteiger charge is 2.09. The molecule has 1 heterocycles. The third-order valence-corrected chi connectivity index (χ3v) is 2.27. The van der Waals surface area contributed by atoms with Crippen molar-refractivity contribution >= 4 is 31.6 Å². The second-order valence-electron chi connectivity index (χ2n) is 2.77. The van der Waals surface area contributed by atoms with Crippen LogP contribution in [0.2, 0.25) is 0 Å². The van der Waals surface area contributed by atoms with Crippen molar-refractivity contribution < 1.29 is 4.79 Å². The average Bonchev–Trinajstić information content (AvgIpc) is 2.45. The van der Waals surface area contributed by atoms with E-state index in [4.69, 9.17) is 0 Å². The summed E-state index contributed by atoms with van der Waals surface area (Å²) in [4.78, 5) is 10.9. The van der Waals surface area contributed by atoms with E-state index in [0.29, 0.717) is 0 Å². The first-order chi connectivity index (χ1) is 6.20. The fourth-order valence-electron chi connectivity index (χ4n) is 1.36. The van der Waals surface area contributed by atoms with Crippen molar-refractivity contribution in [1.82, 2.24) is 9.78 Å². The molecule has 0 aliphatic rings. The van der Waals surface area contributed by atoms with E-state index in [0.717, 1.165) is 16.6 Å². The maximum Gasteiger partial charge on any atom is 0.314 e. The number of benzene rings is 1. The monoisotopic (exact) mass is 238 g/mol. The number of aryl methyl sites for hydroxylation is 1. The first-order valence-electron chi connectivity index (χ1n) is 3.84. The van der Waals surface area contributed by atoms with Crippen molar-refractivity contribution in [2.45, 2.75) is 6.92 Å². The van der Waals surface area contributed by atoms with Crippen LogP contribution in [0, 0.1) is 6.92 Å². The van der Waals surface area contributed by atoms with Crippen LogP contribution in [0.15, 0.2) is 24.3 Å². The molecule has 4 heteroatoms. The average molecular weight is 239 g/mol. The highest BCUT2D eigenvalue weighted by Crippen LogP contribution is 2.18.